The Morgan fingerprint density at radius 1 is 1.25 bits per heavy atom. The molecule has 0 spiro atoms. The fourth-order valence-corrected chi connectivity index (χ4v) is 2.20. The van der Waals surface area contributed by atoms with E-state index in [2.05, 4.69) is 30.7 Å². The first-order valence-electron chi connectivity index (χ1n) is 6.03. The summed E-state index contributed by atoms with van der Waals surface area (Å²) in [5.74, 6) is 0.467. The lowest BCUT2D eigenvalue weighted by atomic mass is 9.80. The van der Waals surface area contributed by atoms with E-state index in [0.717, 1.165) is 31.5 Å². The van der Waals surface area contributed by atoms with E-state index in [0.29, 0.717) is 5.69 Å². The molecule has 0 aromatic carbocycles. The number of nitrogens with zero attached hydrogens (tertiary/aromatic N) is 2. The number of hydrogen-bond acceptors (Lipinski definition) is 2. The molecule has 1 heterocycles. The maximum atomic E-state index is 13.1. The zero-order valence-corrected chi connectivity index (χ0v) is 10.7. The van der Waals surface area contributed by atoms with Gasteiger partial charge in [-0.05, 0) is 19.8 Å². The van der Waals surface area contributed by atoms with Crippen molar-refractivity contribution in [3.05, 3.63) is 23.5 Å². The Bertz CT molecular complexity index is 344. The van der Waals surface area contributed by atoms with E-state index in [4.69, 9.17) is 0 Å². The standard InChI is InChI=1S/C13H21FN2/c1-5-7-13(4,8-6-2)12-15-9-11(14)10(3)16-12/h9H,5-8H2,1-4H3. The largest absolute Gasteiger partial charge is 0.238 e. The van der Waals surface area contributed by atoms with Crippen LogP contribution in [0.25, 0.3) is 0 Å². The molecule has 0 amide bonds. The molecule has 3 heteroatoms. The van der Waals surface area contributed by atoms with E-state index in [9.17, 15) is 4.39 Å². The third-order valence-electron chi connectivity index (χ3n) is 3.06. The minimum atomic E-state index is -0.320. The summed E-state index contributed by atoms with van der Waals surface area (Å²) in [4.78, 5) is 8.46. The van der Waals surface area contributed by atoms with Crippen molar-refractivity contribution < 1.29 is 4.39 Å². The molecule has 0 atom stereocenters. The van der Waals surface area contributed by atoms with Crippen molar-refractivity contribution >= 4 is 0 Å². The zero-order chi connectivity index (χ0) is 12.2. The van der Waals surface area contributed by atoms with Crippen LogP contribution in [0.2, 0.25) is 0 Å². The second-order valence-corrected chi connectivity index (χ2v) is 4.69. The highest BCUT2D eigenvalue weighted by Crippen LogP contribution is 2.31. The maximum absolute atomic E-state index is 13.1. The Kier molecular flexibility index (Phi) is 4.39. The minimum Gasteiger partial charge on any atom is -0.238 e. The van der Waals surface area contributed by atoms with E-state index in [1.165, 1.54) is 6.20 Å². The molecule has 0 aliphatic rings. The molecule has 0 fully saturated rings. The number of rotatable bonds is 5. The summed E-state index contributed by atoms with van der Waals surface area (Å²) in [6, 6.07) is 0. The average molecular weight is 224 g/mol. The van der Waals surface area contributed by atoms with Crippen molar-refractivity contribution in [3.63, 3.8) is 0 Å². The first-order valence-corrected chi connectivity index (χ1v) is 6.03. The van der Waals surface area contributed by atoms with Crippen LogP contribution in [0.3, 0.4) is 0 Å². The van der Waals surface area contributed by atoms with Crippen molar-refractivity contribution in [1.82, 2.24) is 9.97 Å². The van der Waals surface area contributed by atoms with Gasteiger partial charge >= 0.3 is 0 Å². The Labute approximate surface area is 97.3 Å². The molecule has 0 aliphatic carbocycles. The summed E-state index contributed by atoms with van der Waals surface area (Å²) >= 11 is 0. The monoisotopic (exact) mass is 224 g/mol. The molecule has 0 saturated heterocycles. The van der Waals surface area contributed by atoms with Gasteiger partial charge in [-0.25, -0.2) is 14.4 Å². The van der Waals surface area contributed by atoms with Crippen molar-refractivity contribution in [2.24, 2.45) is 0 Å². The average Bonchev–Trinajstić information content (AvgIpc) is 2.22. The van der Waals surface area contributed by atoms with Crippen LogP contribution in [0.4, 0.5) is 4.39 Å². The number of aryl methyl sites for hydroxylation is 1. The summed E-state index contributed by atoms with van der Waals surface area (Å²) in [5, 5.41) is 0. The minimum absolute atomic E-state index is 0.0119. The van der Waals surface area contributed by atoms with Crippen LogP contribution >= 0.6 is 0 Å². The lowest BCUT2D eigenvalue weighted by molar-refractivity contribution is 0.366. The topological polar surface area (TPSA) is 25.8 Å². The smallest absolute Gasteiger partial charge is 0.162 e. The molecule has 1 rings (SSSR count). The molecule has 1 aromatic heterocycles. The molecule has 0 unspecified atom stereocenters. The Morgan fingerprint density at radius 2 is 1.81 bits per heavy atom. The third kappa shape index (κ3) is 2.77. The predicted molar refractivity (Wildman–Crippen MR) is 63.9 cm³/mol. The highest BCUT2D eigenvalue weighted by Gasteiger charge is 2.28. The first kappa shape index (κ1) is 13.1. The second-order valence-electron chi connectivity index (χ2n) is 4.69. The molecule has 0 aliphatic heterocycles. The van der Waals surface area contributed by atoms with Gasteiger partial charge in [-0.2, -0.15) is 0 Å². The summed E-state index contributed by atoms with van der Waals surface area (Å²) in [7, 11) is 0. The lowest BCUT2D eigenvalue weighted by Gasteiger charge is -2.27. The lowest BCUT2D eigenvalue weighted by Crippen LogP contribution is -2.25. The molecular formula is C13H21FN2. The van der Waals surface area contributed by atoms with Crippen molar-refractivity contribution in [2.45, 2.75) is 58.8 Å². The van der Waals surface area contributed by atoms with Crippen LogP contribution in [0.5, 0.6) is 0 Å². The fraction of sp³-hybridized carbons (Fsp3) is 0.692. The maximum Gasteiger partial charge on any atom is 0.162 e. The third-order valence-corrected chi connectivity index (χ3v) is 3.06. The highest BCUT2D eigenvalue weighted by molar-refractivity contribution is 5.11. The molecule has 0 saturated carbocycles. The van der Waals surface area contributed by atoms with E-state index >= 15 is 0 Å². The van der Waals surface area contributed by atoms with Gasteiger partial charge in [0.25, 0.3) is 0 Å². The predicted octanol–water partition coefficient (Wildman–Crippen LogP) is 3.78. The van der Waals surface area contributed by atoms with Gasteiger partial charge in [0, 0.05) is 5.41 Å². The quantitative estimate of drug-likeness (QED) is 0.760. The molecule has 90 valence electrons. The van der Waals surface area contributed by atoms with Crippen LogP contribution < -0.4 is 0 Å². The van der Waals surface area contributed by atoms with Crippen molar-refractivity contribution in [1.29, 1.82) is 0 Å². The summed E-state index contributed by atoms with van der Waals surface area (Å²) < 4.78 is 13.1. The van der Waals surface area contributed by atoms with Gasteiger partial charge < -0.3 is 0 Å². The summed E-state index contributed by atoms with van der Waals surface area (Å²) in [6.45, 7) is 8.18. The molecule has 2 nitrogen and oxygen atoms in total. The van der Waals surface area contributed by atoms with Crippen molar-refractivity contribution in [2.75, 3.05) is 0 Å². The van der Waals surface area contributed by atoms with Crippen molar-refractivity contribution in [3.8, 4) is 0 Å². The van der Waals surface area contributed by atoms with Crippen LogP contribution in [-0.4, -0.2) is 9.97 Å². The van der Waals surface area contributed by atoms with E-state index in [1.807, 2.05) is 0 Å². The first-order chi connectivity index (χ1) is 7.53. The summed E-state index contributed by atoms with van der Waals surface area (Å²) in [5.41, 5.74) is 0.436. The van der Waals surface area contributed by atoms with Crippen LogP contribution in [-0.2, 0) is 5.41 Å². The number of aromatic nitrogens is 2. The van der Waals surface area contributed by atoms with Gasteiger partial charge in [0.1, 0.15) is 5.82 Å². The van der Waals surface area contributed by atoms with Crippen LogP contribution in [0, 0.1) is 12.7 Å². The fourth-order valence-electron chi connectivity index (χ4n) is 2.20. The number of halogens is 1. The molecule has 16 heavy (non-hydrogen) atoms. The zero-order valence-electron chi connectivity index (χ0n) is 10.7. The van der Waals surface area contributed by atoms with Gasteiger partial charge in [0.15, 0.2) is 5.82 Å². The van der Waals surface area contributed by atoms with Crippen LogP contribution in [0.1, 0.15) is 58.0 Å². The van der Waals surface area contributed by atoms with Gasteiger partial charge in [-0.15, -0.1) is 0 Å². The van der Waals surface area contributed by atoms with Gasteiger partial charge in [0.05, 0.1) is 11.9 Å². The second kappa shape index (κ2) is 5.37. The Hall–Kier alpha value is -0.990. The normalized spacial score (nSPS) is 11.8. The Balaban J connectivity index is 3.05. The van der Waals surface area contributed by atoms with E-state index in [1.54, 1.807) is 6.92 Å². The van der Waals surface area contributed by atoms with E-state index < -0.39 is 0 Å². The van der Waals surface area contributed by atoms with Gasteiger partial charge in [0.2, 0.25) is 0 Å². The van der Waals surface area contributed by atoms with Gasteiger partial charge in [-0.1, -0.05) is 33.6 Å². The molecule has 0 bridgehead atoms. The molecule has 1 aromatic rings. The van der Waals surface area contributed by atoms with Crippen LogP contribution in [0.15, 0.2) is 6.20 Å². The van der Waals surface area contributed by atoms with Gasteiger partial charge in [-0.3, -0.25) is 0 Å². The molecular weight excluding hydrogens is 203 g/mol. The summed E-state index contributed by atoms with van der Waals surface area (Å²) in [6.07, 6.45) is 5.58. The molecule has 0 N–H and O–H groups in total. The SMILES string of the molecule is CCCC(C)(CCC)c1ncc(F)c(C)n1. The number of hydrogen-bond donors (Lipinski definition) is 0. The van der Waals surface area contributed by atoms with E-state index in [-0.39, 0.29) is 11.2 Å². The Morgan fingerprint density at radius 3 is 2.25 bits per heavy atom. The highest BCUT2D eigenvalue weighted by atomic mass is 19.1. The molecule has 0 radical (unpaired) electrons.